The molecule has 0 saturated heterocycles. The first-order chi connectivity index (χ1) is 8.33. The van der Waals surface area contributed by atoms with Gasteiger partial charge in [0.1, 0.15) is 0 Å². The van der Waals surface area contributed by atoms with E-state index in [1.807, 2.05) is 0 Å². The van der Waals surface area contributed by atoms with E-state index in [2.05, 4.69) is 4.74 Å². The molecular weight excluding hydrogens is 295 g/mol. The van der Waals surface area contributed by atoms with E-state index in [1.165, 1.54) is 0 Å². The summed E-state index contributed by atoms with van der Waals surface area (Å²) in [4.78, 5) is 0. The van der Waals surface area contributed by atoms with E-state index in [4.69, 9.17) is 0 Å². The third-order valence-electron chi connectivity index (χ3n) is 2.84. The van der Waals surface area contributed by atoms with Gasteiger partial charge in [0, 0.05) is 0 Å². The van der Waals surface area contributed by atoms with Gasteiger partial charge in [0.25, 0.3) is 0 Å². The van der Waals surface area contributed by atoms with Crippen molar-refractivity contribution in [2.75, 3.05) is 0 Å². The molecule has 0 atom stereocenters. The van der Waals surface area contributed by atoms with Gasteiger partial charge in [-0.15, -0.1) is 0 Å². The molecule has 0 amide bonds. The largest absolute Gasteiger partial charge is 0.435 e. The third kappa shape index (κ3) is 2.77. The Morgan fingerprint density at radius 1 is 0.632 bits per heavy atom. The Morgan fingerprint density at radius 2 is 0.947 bits per heavy atom. The van der Waals surface area contributed by atoms with Crippen LogP contribution in [0.2, 0.25) is 0 Å². The van der Waals surface area contributed by atoms with E-state index in [0.717, 1.165) is 0 Å². The van der Waals surface area contributed by atoms with Gasteiger partial charge >= 0.3 is 24.1 Å². The quantitative estimate of drug-likeness (QED) is 0.688. The fourth-order valence-corrected chi connectivity index (χ4v) is 1.94. The van der Waals surface area contributed by atoms with Crippen LogP contribution in [0.4, 0.5) is 39.5 Å². The fourth-order valence-electron chi connectivity index (χ4n) is 1.94. The third-order valence-corrected chi connectivity index (χ3v) is 2.84. The summed E-state index contributed by atoms with van der Waals surface area (Å²) in [6, 6.07) is 0. The van der Waals surface area contributed by atoms with E-state index in [0.29, 0.717) is 0 Å². The number of rotatable bonds is 2. The highest BCUT2D eigenvalue weighted by Crippen LogP contribution is 2.56. The first-order valence-electron chi connectivity index (χ1n) is 5.21. The van der Waals surface area contributed by atoms with Crippen LogP contribution in [0.1, 0.15) is 25.7 Å². The Balaban J connectivity index is 3.27. The van der Waals surface area contributed by atoms with Crippen molar-refractivity contribution in [3.8, 4) is 0 Å². The van der Waals surface area contributed by atoms with Crippen molar-refractivity contribution in [2.24, 2.45) is 0 Å². The molecule has 19 heavy (non-hydrogen) atoms. The van der Waals surface area contributed by atoms with E-state index in [1.54, 1.807) is 0 Å². The van der Waals surface area contributed by atoms with Gasteiger partial charge in [-0.25, -0.2) is 0 Å². The second-order valence-electron chi connectivity index (χ2n) is 4.20. The highest BCUT2D eigenvalue weighted by molar-refractivity contribution is 5.03. The molecule has 1 fully saturated rings. The molecule has 1 rings (SSSR count). The molecule has 1 nitrogen and oxygen atoms in total. The second kappa shape index (κ2) is 4.71. The Bertz CT molecular complexity index is 271. The van der Waals surface area contributed by atoms with Gasteiger partial charge in [0.15, 0.2) is 0 Å². The summed E-state index contributed by atoms with van der Waals surface area (Å²) in [6.07, 6.45) is -21.7. The van der Waals surface area contributed by atoms with Crippen molar-refractivity contribution < 1.29 is 44.3 Å². The molecule has 0 unspecified atom stereocenters. The molecular formula is C9H9F9O. The molecule has 1 aliphatic rings. The van der Waals surface area contributed by atoms with Crippen molar-refractivity contribution in [2.45, 2.75) is 55.9 Å². The van der Waals surface area contributed by atoms with Gasteiger partial charge in [0.05, 0.1) is 6.10 Å². The summed E-state index contributed by atoms with van der Waals surface area (Å²) in [6.45, 7) is 0. The van der Waals surface area contributed by atoms with Crippen LogP contribution >= 0.6 is 0 Å². The van der Waals surface area contributed by atoms with Gasteiger partial charge < -0.3 is 4.74 Å². The molecule has 0 spiro atoms. The van der Waals surface area contributed by atoms with Crippen LogP contribution in [0.15, 0.2) is 0 Å². The first kappa shape index (κ1) is 16.4. The summed E-state index contributed by atoms with van der Waals surface area (Å²) in [7, 11) is 0. The maximum atomic E-state index is 12.5. The standard InChI is InChI=1S/C9H9F9O/c10-7(11,12)6(8(13,14)15,9(16,17)18)19-5-3-1-2-4-5/h5H,1-4H2. The van der Waals surface area contributed by atoms with Crippen LogP contribution in [0.3, 0.4) is 0 Å². The van der Waals surface area contributed by atoms with E-state index < -0.39 is 30.2 Å². The highest BCUT2D eigenvalue weighted by Gasteiger charge is 2.85. The van der Waals surface area contributed by atoms with E-state index >= 15 is 0 Å². The van der Waals surface area contributed by atoms with Gasteiger partial charge in [-0.1, -0.05) is 12.8 Å². The molecule has 114 valence electrons. The van der Waals surface area contributed by atoms with Crippen molar-refractivity contribution in [3.05, 3.63) is 0 Å². The van der Waals surface area contributed by atoms with Crippen molar-refractivity contribution in [3.63, 3.8) is 0 Å². The van der Waals surface area contributed by atoms with Crippen LogP contribution in [0.25, 0.3) is 0 Å². The van der Waals surface area contributed by atoms with Crippen LogP contribution in [-0.4, -0.2) is 30.2 Å². The lowest BCUT2D eigenvalue weighted by Gasteiger charge is -2.39. The molecule has 0 aromatic carbocycles. The molecule has 10 heteroatoms. The molecule has 1 aliphatic carbocycles. The van der Waals surface area contributed by atoms with Gasteiger partial charge in [0.2, 0.25) is 0 Å². The minimum Gasteiger partial charge on any atom is -0.348 e. The molecule has 1 saturated carbocycles. The Morgan fingerprint density at radius 3 is 1.21 bits per heavy atom. The molecule has 0 N–H and O–H groups in total. The zero-order chi connectivity index (χ0) is 15.1. The Hall–Kier alpha value is -0.670. The van der Waals surface area contributed by atoms with Crippen LogP contribution < -0.4 is 0 Å². The maximum Gasteiger partial charge on any atom is 0.435 e. The topological polar surface area (TPSA) is 9.23 Å². The Kier molecular flexibility index (Phi) is 4.06. The predicted octanol–water partition coefficient (Wildman–Crippen LogP) is 4.37. The lowest BCUT2D eigenvalue weighted by atomic mass is 10.0. The van der Waals surface area contributed by atoms with Gasteiger partial charge in [-0.2, -0.15) is 39.5 Å². The molecule has 0 radical (unpaired) electrons. The molecule has 0 aromatic heterocycles. The summed E-state index contributed by atoms with van der Waals surface area (Å²) < 4.78 is 116. The average molecular weight is 304 g/mol. The molecule has 0 heterocycles. The average Bonchev–Trinajstić information content (AvgIpc) is 2.59. The van der Waals surface area contributed by atoms with Crippen molar-refractivity contribution in [1.82, 2.24) is 0 Å². The smallest absolute Gasteiger partial charge is 0.348 e. The monoisotopic (exact) mass is 304 g/mol. The van der Waals surface area contributed by atoms with E-state index in [9.17, 15) is 39.5 Å². The lowest BCUT2D eigenvalue weighted by Crippen LogP contribution is -2.68. The van der Waals surface area contributed by atoms with Crippen molar-refractivity contribution >= 4 is 0 Å². The summed E-state index contributed by atoms with van der Waals surface area (Å²) in [5.74, 6) is 0. The minimum atomic E-state index is -6.63. The first-order valence-corrected chi connectivity index (χ1v) is 5.21. The highest BCUT2D eigenvalue weighted by atomic mass is 19.4. The van der Waals surface area contributed by atoms with Crippen LogP contribution in [-0.2, 0) is 4.74 Å². The zero-order valence-corrected chi connectivity index (χ0v) is 9.22. The molecule has 0 aromatic rings. The fraction of sp³-hybridized carbons (Fsp3) is 1.00. The molecule has 0 bridgehead atoms. The molecule has 0 aliphatic heterocycles. The summed E-state index contributed by atoms with van der Waals surface area (Å²) in [5.41, 5.74) is -6.12. The summed E-state index contributed by atoms with van der Waals surface area (Å²) in [5, 5.41) is 0. The van der Waals surface area contributed by atoms with Gasteiger partial charge in [-0.05, 0) is 12.8 Å². The Labute approximate surface area is 101 Å². The van der Waals surface area contributed by atoms with Crippen LogP contribution in [0, 0.1) is 0 Å². The SMILES string of the molecule is FC(F)(F)C(OC1CCCC1)(C(F)(F)F)C(F)(F)F. The zero-order valence-electron chi connectivity index (χ0n) is 9.22. The minimum absolute atomic E-state index is 0.230. The number of hydrogen-bond donors (Lipinski definition) is 0. The number of halogens is 9. The summed E-state index contributed by atoms with van der Waals surface area (Å²) >= 11 is 0. The lowest BCUT2D eigenvalue weighted by molar-refractivity contribution is -0.464. The van der Waals surface area contributed by atoms with Crippen molar-refractivity contribution in [1.29, 1.82) is 0 Å². The predicted molar refractivity (Wildman–Crippen MR) is 44.2 cm³/mol. The number of ether oxygens (including phenoxy) is 1. The normalized spacial score (nSPS) is 20.1. The number of hydrogen-bond acceptors (Lipinski definition) is 1. The van der Waals surface area contributed by atoms with Gasteiger partial charge in [-0.3, -0.25) is 0 Å². The van der Waals surface area contributed by atoms with E-state index in [-0.39, 0.29) is 25.7 Å². The second-order valence-corrected chi connectivity index (χ2v) is 4.20. The number of alkyl halides is 9. The maximum absolute atomic E-state index is 12.5. The van der Waals surface area contributed by atoms with Crippen LogP contribution in [0.5, 0.6) is 0 Å².